The van der Waals surface area contributed by atoms with Gasteiger partial charge in [-0.1, -0.05) is 0 Å². The molecule has 0 unspecified atom stereocenters. The molecule has 3 nitrogen and oxygen atoms in total. The second-order valence-corrected chi connectivity index (χ2v) is 3.32. The first-order chi connectivity index (χ1) is 7.34. The van der Waals surface area contributed by atoms with Crippen molar-refractivity contribution in [2.24, 2.45) is 0 Å². The number of ether oxygens (including phenoxy) is 1. The lowest BCUT2D eigenvalue weighted by Crippen LogP contribution is -2.01. The van der Waals surface area contributed by atoms with Crippen LogP contribution in [-0.4, -0.2) is 24.0 Å². The number of ketones is 1. The second kappa shape index (κ2) is 7.12. The molecule has 1 aromatic rings. The van der Waals surface area contributed by atoms with Gasteiger partial charge >= 0.3 is 0 Å². The highest BCUT2D eigenvalue weighted by molar-refractivity contribution is 5.95. The van der Waals surface area contributed by atoms with Gasteiger partial charge in [0.2, 0.25) is 0 Å². The van der Waals surface area contributed by atoms with Gasteiger partial charge in [-0.2, -0.15) is 0 Å². The van der Waals surface area contributed by atoms with Crippen LogP contribution in [-0.2, 0) is 4.74 Å². The predicted octanol–water partition coefficient (Wildman–Crippen LogP) is 2.47. The monoisotopic (exact) mass is 207 g/mol. The average molecular weight is 207 g/mol. The molecule has 0 aromatic carbocycles. The Balaban J connectivity index is 2.20. The SMILES string of the molecule is CCOCCCCC(=O)c1cccnc1. The zero-order valence-corrected chi connectivity index (χ0v) is 9.11. The van der Waals surface area contributed by atoms with E-state index >= 15 is 0 Å². The summed E-state index contributed by atoms with van der Waals surface area (Å²) in [6, 6.07) is 3.59. The van der Waals surface area contributed by atoms with Gasteiger partial charge in [-0.15, -0.1) is 0 Å². The Labute approximate surface area is 90.5 Å². The standard InChI is InChI=1S/C12H17NO2/c1-2-15-9-4-3-7-12(14)11-6-5-8-13-10-11/h5-6,8,10H,2-4,7,9H2,1H3. The third-order valence-electron chi connectivity index (χ3n) is 2.13. The number of hydrogen-bond donors (Lipinski definition) is 0. The zero-order valence-electron chi connectivity index (χ0n) is 9.11. The summed E-state index contributed by atoms with van der Waals surface area (Å²) in [5, 5.41) is 0. The third-order valence-corrected chi connectivity index (χ3v) is 2.13. The van der Waals surface area contributed by atoms with Crippen LogP contribution < -0.4 is 0 Å². The summed E-state index contributed by atoms with van der Waals surface area (Å²) in [7, 11) is 0. The quantitative estimate of drug-likeness (QED) is 0.509. The molecular formula is C12H17NO2. The molecule has 3 heteroatoms. The lowest BCUT2D eigenvalue weighted by Gasteiger charge is -2.01. The molecule has 0 N–H and O–H groups in total. The lowest BCUT2D eigenvalue weighted by molar-refractivity contribution is 0.0970. The summed E-state index contributed by atoms with van der Waals surface area (Å²) in [6.07, 6.45) is 5.70. The smallest absolute Gasteiger partial charge is 0.164 e. The number of hydrogen-bond acceptors (Lipinski definition) is 3. The maximum atomic E-state index is 11.6. The molecule has 0 radical (unpaired) electrons. The Morgan fingerprint density at radius 2 is 2.33 bits per heavy atom. The van der Waals surface area contributed by atoms with E-state index in [1.165, 1.54) is 0 Å². The van der Waals surface area contributed by atoms with Gasteiger partial charge in [0.15, 0.2) is 5.78 Å². The third kappa shape index (κ3) is 4.70. The van der Waals surface area contributed by atoms with Gasteiger partial charge in [0.1, 0.15) is 0 Å². The van der Waals surface area contributed by atoms with Crippen LogP contribution in [0.25, 0.3) is 0 Å². The molecule has 0 fully saturated rings. The first-order valence-electron chi connectivity index (χ1n) is 5.35. The average Bonchev–Trinajstić information content (AvgIpc) is 2.30. The van der Waals surface area contributed by atoms with Crippen molar-refractivity contribution in [1.82, 2.24) is 4.98 Å². The molecule has 0 atom stereocenters. The number of aromatic nitrogens is 1. The van der Waals surface area contributed by atoms with Gasteiger partial charge in [-0.05, 0) is 31.9 Å². The van der Waals surface area contributed by atoms with E-state index < -0.39 is 0 Å². The van der Waals surface area contributed by atoms with Crippen molar-refractivity contribution in [2.45, 2.75) is 26.2 Å². The highest BCUT2D eigenvalue weighted by Gasteiger charge is 2.04. The van der Waals surface area contributed by atoms with Crippen LogP contribution in [0.2, 0.25) is 0 Å². The summed E-state index contributed by atoms with van der Waals surface area (Å²) in [4.78, 5) is 15.5. The van der Waals surface area contributed by atoms with Gasteiger partial charge in [0.05, 0.1) is 0 Å². The van der Waals surface area contributed by atoms with Crippen LogP contribution in [0, 0.1) is 0 Å². The molecule has 82 valence electrons. The number of unbranched alkanes of at least 4 members (excludes halogenated alkanes) is 1. The van der Waals surface area contributed by atoms with Crippen LogP contribution in [0.4, 0.5) is 0 Å². The van der Waals surface area contributed by atoms with Crippen LogP contribution in [0.15, 0.2) is 24.5 Å². The first kappa shape index (κ1) is 11.9. The van der Waals surface area contributed by atoms with Crippen molar-refractivity contribution in [1.29, 1.82) is 0 Å². The topological polar surface area (TPSA) is 39.2 Å². The van der Waals surface area contributed by atoms with E-state index in [2.05, 4.69) is 4.98 Å². The summed E-state index contributed by atoms with van der Waals surface area (Å²) >= 11 is 0. The van der Waals surface area contributed by atoms with E-state index in [9.17, 15) is 4.79 Å². The van der Waals surface area contributed by atoms with Crippen molar-refractivity contribution in [3.63, 3.8) is 0 Å². The van der Waals surface area contributed by atoms with Crippen molar-refractivity contribution in [3.05, 3.63) is 30.1 Å². The van der Waals surface area contributed by atoms with Crippen LogP contribution in [0.3, 0.4) is 0 Å². The molecule has 0 saturated heterocycles. The number of rotatable bonds is 7. The minimum Gasteiger partial charge on any atom is -0.382 e. The maximum absolute atomic E-state index is 11.6. The predicted molar refractivity (Wildman–Crippen MR) is 58.9 cm³/mol. The Kier molecular flexibility index (Phi) is 5.63. The Hall–Kier alpha value is -1.22. The minimum absolute atomic E-state index is 0.166. The van der Waals surface area contributed by atoms with Crippen molar-refractivity contribution >= 4 is 5.78 Å². The van der Waals surface area contributed by atoms with E-state index in [1.807, 2.05) is 6.92 Å². The van der Waals surface area contributed by atoms with E-state index in [-0.39, 0.29) is 5.78 Å². The second-order valence-electron chi connectivity index (χ2n) is 3.32. The molecule has 0 aliphatic carbocycles. The largest absolute Gasteiger partial charge is 0.382 e. The number of carbonyl (C=O) groups excluding carboxylic acids is 1. The maximum Gasteiger partial charge on any atom is 0.164 e. The van der Waals surface area contributed by atoms with E-state index in [0.717, 1.165) is 26.1 Å². The molecule has 0 bridgehead atoms. The highest BCUT2D eigenvalue weighted by atomic mass is 16.5. The number of Topliss-reactive ketones (excluding diaryl/α,β-unsaturated/α-hetero) is 1. The summed E-state index contributed by atoms with van der Waals surface area (Å²) in [5.41, 5.74) is 0.703. The molecule has 1 aromatic heterocycles. The molecule has 0 aliphatic rings. The van der Waals surface area contributed by atoms with Crippen LogP contribution >= 0.6 is 0 Å². The molecule has 0 aliphatic heterocycles. The first-order valence-corrected chi connectivity index (χ1v) is 5.35. The van der Waals surface area contributed by atoms with E-state index in [0.29, 0.717) is 12.0 Å². The lowest BCUT2D eigenvalue weighted by atomic mass is 10.1. The fraction of sp³-hybridized carbons (Fsp3) is 0.500. The Morgan fingerprint density at radius 1 is 1.47 bits per heavy atom. The highest BCUT2D eigenvalue weighted by Crippen LogP contribution is 2.05. The van der Waals surface area contributed by atoms with Gasteiger partial charge in [-0.3, -0.25) is 9.78 Å². The molecule has 0 amide bonds. The van der Waals surface area contributed by atoms with Crippen LogP contribution in [0.1, 0.15) is 36.5 Å². The van der Waals surface area contributed by atoms with Crippen molar-refractivity contribution in [2.75, 3.05) is 13.2 Å². The van der Waals surface area contributed by atoms with Crippen molar-refractivity contribution in [3.8, 4) is 0 Å². The normalized spacial score (nSPS) is 10.2. The molecule has 0 saturated carbocycles. The Morgan fingerprint density at radius 3 is 3.00 bits per heavy atom. The fourth-order valence-corrected chi connectivity index (χ4v) is 1.31. The Bertz CT molecular complexity index is 285. The molecular weight excluding hydrogens is 190 g/mol. The number of nitrogens with zero attached hydrogens (tertiary/aromatic N) is 1. The molecule has 1 rings (SSSR count). The fourth-order valence-electron chi connectivity index (χ4n) is 1.31. The van der Waals surface area contributed by atoms with Gasteiger partial charge < -0.3 is 4.74 Å². The zero-order chi connectivity index (χ0) is 10.9. The van der Waals surface area contributed by atoms with Gasteiger partial charge in [-0.25, -0.2) is 0 Å². The van der Waals surface area contributed by atoms with Crippen molar-refractivity contribution < 1.29 is 9.53 Å². The van der Waals surface area contributed by atoms with E-state index in [4.69, 9.17) is 4.74 Å². The minimum atomic E-state index is 0.166. The van der Waals surface area contributed by atoms with E-state index in [1.54, 1.807) is 24.5 Å². The molecule has 15 heavy (non-hydrogen) atoms. The van der Waals surface area contributed by atoms with Crippen LogP contribution in [0.5, 0.6) is 0 Å². The van der Waals surface area contributed by atoms with Gasteiger partial charge in [0.25, 0.3) is 0 Å². The number of pyridine rings is 1. The number of carbonyl (C=O) groups is 1. The summed E-state index contributed by atoms with van der Waals surface area (Å²) in [6.45, 7) is 3.47. The summed E-state index contributed by atoms with van der Waals surface area (Å²) < 4.78 is 5.20. The molecule has 1 heterocycles. The summed E-state index contributed by atoms with van der Waals surface area (Å²) in [5.74, 6) is 0.166. The van der Waals surface area contributed by atoms with Gasteiger partial charge in [0, 0.05) is 37.6 Å². The molecule has 0 spiro atoms.